The van der Waals surface area contributed by atoms with Gasteiger partial charge in [-0.1, -0.05) is 23.5 Å². The smallest absolute Gasteiger partial charge is 0.281 e. The number of benzene rings is 1. The van der Waals surface area contributed by atoms with Crippen molar-refractivity contribution in [1.29, 1.82) is 0 Å². The van der Waals surface area contributed by atoms with Gasteiger partial charge in [-0.3, -0.25) is 4.90 Å². The Kier molecular flexibility index (Phi) is 5.22. The molecule has 2 aliphatic heterocycles. The molecule has 1 aromatic carbocycles. The van der Waals surface area contributed by atoms with Crippen LogP contribution in [-0.2, 0) is 16.6 Å². The first-order valence-electron chi connectivity index (χ1n) is 10.1. The molecule has 1 N–H and O–H groups in total. The average molecular weight is 445 g/mol. The number of pyridine rings is 1. The fourth-order valence-electron chi connectivity index (χ4n) is 4.70. The van der Waals surface area contributed by atoms with Crippen molar-refractivity contribution in [2.45, 2.75) is 50.4 Å². The molecular weight excluding hydrogens is 420 g/mol. The molecule has 2 fully saturated rings. The fourth-order valence-corrected chi connectivity index (χ4v) is 6.29. The van der Waals surface area contributed by atoms with Gasteiger partial charge in [0.2, 0.25) is 10.0 Å². The summed E-state index contributed by atoms with van der Waals surface area (Å²) in [4.78, 5) is 11.2. The number of sulfonamides is 1. The lowest BCUT2D eigenvalue weighted by Gasteiger charge is -2.39. The second-order valence-corrected chi connectivity index (χ2v) is 10.9. The summed E-state index contributed by atoms with van der Waals surface area (Å²) in [5.41, 5.74) is 1.94. The van der Waals surface area contributed by atoms with Gasteiger partial charge >= 0.3 is 0 Å². The zero-order valence-corrected chi connectivity index (χ0v) is 18.3. The maximum Gasteiger partial charge on any atom is 0.281 e. The van der Waals surface area contributed by atoms with E-state index < -0.39 is 10.0 Å². The van der Waals surface area contributed by atoms with E-state index in [0.29, 0.717) is 22.9 Å². The summed E-state index contributed by atoms with van der Waals surface area (Å²) in [6.07, 6.45) is 7.02. The lowest BCUT2D eigenvalue weighted by atomic mass is 9.97. The third-order valence-electron chi connectivity index (χ3n) is 5.90. The number of thiazole rings is 1. The van der Waals surface area contributed by atoms with Gasteiger partial charge in [-0.2, -0.15) is 4.98 Å². The molecule has 30 heavy (non-hydrogen) atoms. The predicted molar refractivity (Wildman–Crippen MR) is 117 cm³/mol. The quantitative estimate of drug-likeness (QED) is 0.626. The van der Waals surface area contributed by atoms with Crippen molar-refractivity contribution in [3.63, 3.8) is 0 Å². The summed E-state index contributed by atoms with van der Waals surface area (Å²) in [6.45, 7) is 0.881. The van der Waals surface area contributed by atoms with Crippen LogP contribution in [-0.4, -0.2) is 47.7 Å². The van der Waals surface area contributed by atoms with Crippen LogP contribution in [0, 0.1) is 0 Å². The second kappa shape index (κ2) is 7.88. The van der Waals surface area contributed by atoms with Crippen LogP contribution in [0.4, 0.5) is 0 Å². The monoisotopic (exact) mass is 444 g/mol. The molecule has 0 amide bonds. The minimum Gasteiger partial charge on any atom is -0.431 e. The molecule has 0 spiro atoms. The van der Waals surface area contributed by atoms with E-state index in [9.17, 15) is 8.42 Å². The summed E-state index contributed by atoms with van der Waals surface area (Å²) in [5, 5.41) is 0.593. The van der Waals surface area contributed by atoms with Crippen LogP contribution in [0.25, 0.3) is 10.3 Å². The zero-order chi connectivity index (χ0) is 20.7. The number of fused-ring (bicyclic) bond motifs is 3. The van der Waals surface area contributed by atoms with E-state index in [-0.39, 0.29) is 6.04 Å². The summed E-state index contributed by atoms with van der Waals surface area (Å²) in [6, 6.07) is 13.0. The molecule has 5 rings (SSSR count). The Bertz CT molecular complexity index is 1100. The molecular formula is C21H24N4O3S2. The van der Waals surface area contributed by atoms with Crippen molar-refractivity contribution in [2.24, 2.45) is 0 Å². The fraction of sp³-hybridized carbons (Fsp3) is 0.429. The second-order valence-electron chi connectivity index (χ2n) is 8.17. The van der Waals surface area contributed by atoms with Crippen LogP contribution in [0.15, 0.2) is 42.6 Å². The molecule has 4 heterocycles. The van der Waals surface area contributed by atoms with Crippen molar-refractivity contribution < 1.29 is 13.2 Å². The minimum atomic E-state index is -3.15. The number of piperidine rings is 1. The molecule has 7 nitrogen and oxygen atoms in total. The number of aromatic nitrogens is 2. The minimum absolute atomic E-state index is 0.0628. The largest absolute Gasteiger partial charge is 0.431 e. The highest BCUT2D eigenvalue weighted by molar-refractivity contribution is 7.88. The van der Waals surface area contributed by atoms with Crippen LogP contribution < -0.4 is 9.46 Å². The van der Waals surface area contributed by atoms with E-state index in [0.717, 1.165) is 42.7 Å². The topological polar surface area (TPSA) is 84.4 Å². The molecule has 3 atom stereocenters. The maximum absolute atomic E-state index is 11.6. The summed E-state index contributed by atoms with van der Waals surface area (Å²) in [7, 11) is -3.15. The number of ether oxygens (including phenoxy) is 1. The van der Waals surface area contributed by atoms with Crippen molar-refractivity contribution in [2.75, 3.05) is 6.26 Å². The van der Waals surface area contributed by atoms with Crippen LogP contribution in [0.2, 0.25) is 0 Å². The molecule has 3 aromatic rings. The molecule has 2 saturated heterocycles. The van der Waals surface area contributed by atoms with Gasteiger partial charge in [0.15, 0.2) is 5.65 Å². The number of nitrogens with one attached hydrogen (secondary N) is 1. The van der Waals surface area contributed by atoms with Gasteiger partial charge in [-0.15, -0.1) is 0 Å². The van der Waals surface area contributed by atoms with Gasteiger partial charge in [0.05, 0.1) is 11.0 Å². The Labute approximate surface area is 180 Å². The van der Waals surface area contributed by atoms with Gasteiger partial charge in [-0.25, -0.2) is 18.1 Å². The van der Waals surface area contributed by atoms with Crippen molar-refractivity contribution in [3.8, 4) is 10.9 Å². The first-order valence-corrected chi connectivity index (χ1v) is 12.9. The van der Waals surface area contributed by atoms with E-state index in [1.807, 2.05) is 24.3 Å². The first-order chi connectivity index (χ1) is 14.4. The van der Waals surface area contributed by atoms with Crippen molar-refractivity contribution in [1.82, 2.24) is 19.6 Å². The van der Waals surface area contributed by atoms with Crippen LogP contribution in [0.5, 0.6) is 10.9 Å². The predicted octanol–water partition coefficient (Wildman–Crippen LogP) is 3.53. The SMILES string of the molecule is CS(=O)(=O)NC1CC2CC[C@@H](C1)N2Cc1ccc(Oc2nc3ncccc3s2)cc1. The van der Waals surface area contributed by atoms with E-state index in [4.69, 9.17) is 4.74 Å². The molecule has 0 saturated carbocycles. The third-order valence-corrected chi connectivity index (χ3v) is 7.55. The summed E-state index contributed by atoms with van der Waals surface area (Å²) in [5.74, 6) is 0.761. The summed E-state index contributed by atoms with van der Waals surface area (Å²) >= 11 is 1.48. The summed E-state index contributed by atoms with van der Waals surface area (Å²) < 4.78 is 32.9. The van der Waals surface area contributed by atoms with Crippen molar-refractivity contribution >= 4 is 31.7 Å². The normalized spacial score (nSPS) is 24.4. The first kappa shape index (κ1) is 19.9. The van der Waals surface area contributed by atoms with Gasteiger partial charge in [0.1, 0.15) is 5.75 Å². The third kappa shape index (κ3) is 4.34. The highest BCUT2D eigenvalue weighted by Crippen LogP contribution is 2.37. The molecule has 2 aliphatic rings. The van der Waals surface area contributed by atoms with Crippen LogP contribution in [0.3, 0.4) is 0 Å². The number of hydrogen-bond donors (Lipinski definition) is 1. The Morgan fingerprint density at radius 3 is 2.57 bits per heavy atom. The average Bonchev–Trinajstić information content (AvgIpc) is 3.19. The van der Waals surface area contributed by atoms with E-state index >= 15 is 0 Å². The van der Waals surface area contributed by atoms with E-state index in [1.54, 1.807) is 6.20 Å². The molecule has 0 radical (unpaired) electrons. The highest BCUT2D eigenvalue weighted by atomic mass is 32.2. The standard InChI is InChI=1S/C21H24N4O3S2/c1-30(26,27)24-15-11-16-6-7-17(12-15)25(16)13-14-4-8-18(9-5-14)28-21-23-20-19(29-21)3-2-10-22-20/h2-5,8-10,15-17,24H,6-7,11-13H2,1H3/t15?,16-,17?/m0/s1. The Balaban J connectivity index is 1.22. The molecule has 2 aromatic heterocycles. The molecule has 9 heteroatoms. The van der Waals surface area contributed by atoms with Gasteiger partial charge < -0.3 is 4.74 Å². The lowest BCUT2D eigenvalue weighted by molar-refractivity contribution is 0.116. The van der Waals surface area contributed by atoms with Crippen molar-refractivity contribution in [3.05, 3.63) is 48.2 Å². The molecule has 2 unspecified atom stereocenters. The Morgan fingerprint density at radius 2 is 1.90 bits per heavy atom. The maximum atomic E-state index is 11.6. The van der Waals surface area contributed by atoms with E-state index in [1.165, 1.54) is 23.2 Å². The van der Waals surface area contributed by atoms with Crippen LogP contribution >= 0.6 is 11.3 Å². The van der Waals surface area contributed by atoms with Crippen LogP contribution in [0.1, 0.15) is 31.2 Å². The molecule has 2 bridgehead atoms. The van der Waals surface area contributed by atoms with E-state index in [2.05, 4.69) is 31.7 Å². The Morgan fingerprint density at radius 1 is 1.17 bits per heavy atom. The zero-order valence-electron chi connectivity index (χ0n) is 16.7. The van der Waals surface area contributed by atoms with Gasteiger partial charge in [-0.05, 0) is 55.5 Å². The molecule has 158 valence electrons. The molecule has 0 aliphatic carbocycles. The van der Waals surface area contributed by atoms with Gasteiger partial charge in [0.25, 0.3) is 5.19 Å². The number of hydrogen-bond acceptors (Lipinski definition) is 7. The van der Waals surface area contributed by atoms with Gasteiger partial charge in [0, 0.05) is 30.9 Å². The number of nitrogens with zero attached hydrogens (tertiary/aromatic N) is 3. The highest BCUT2D eigenvalue weighted by Gasteiger charge is 2.41. The Hall–Kier alpha value is -2.07. The lowest BCUT2D eigenvalue weighted by Crippen LogP contribution is -2.49. The number of rotatable bonds is 6.